The Morgan fingerprint density at radius 2 is 2.25 bits per heavy atom. The average molecular weight is 465 g/mol. The normalized spacial score (nSPS) is 12.6. The lowest BCUT2D eigenvalue weighted by Gasteiger charge is -2.19. The van der Waals surface area contributed by atoms with Gasteiger partial charge >= 0.3 is 0 Å². The van der Waals surface area contributed by atoms with Gasteiger partial charge in [-0.3, -0.25) is 0 Å². The van der Waals surface area contributed by atoms with Crippen LogP contribution in [0.5, 0.6) is 0 Å². The van der Waals surface area contributed by atoms with E-state index in [1.54, 1.807) is 11.3 Å². The molecule has 0 radical (unpaired) electrons. The number of benzene rings is 1. The lowest BCUT2D eigenvalue weighted by atomic mass is 10.0. The van der Waals surface area contributed by atoms with Crippen molar-refractivity contribution in [3.8, 4) is 0 Å². The van der Waals surface area contributed by atoms with Gasteiger partial charge in [0, 0.05) is 31.6 Å². The molecule has 0 spiro atoms. The molecule has 0 aliphatic carbocycles. The number of hydrogen-bond acceptors (Lipinski definition) is 3. The fourth-order valence-corrected chi connectivity index (χ4v) is 3.97. The van der Waals surface area contributed by atoms with E-state index in [9.17, 15) is 0 Å². The van der Waals surface area contributed by atoms with Crippen LogP contribution in [0.3, 0.4) is 0 Å². The van der Waals surface area contributed by atoms with E-state index < -0.39 is 0 Å². The van der Waals surface area contributed by atoms with Crippen LogP contribution in [0.25, 0.3) is 0 Å². The molecule has 1 N–H and O–H groups in total. The van der Waals surface area contributed by atoms with Gasteiger partial charge in [-0.1, -0.05) is 22.9 Å². The summed E-state index contributed by atoms with van der Waals surface area (Å²) in [6.45, 7) is 5.28. The molecule has 1 aromatic carbocycles. The van der Waals surface area contributed by atoms with Crippen molar-refractivity contribution in [3.05, 3.63) is 47.9 Å². The second-order valence-corrected chi connectivity index (χ2v) is 7.78. The first-order valence-corrected chi connectivity index (χ1v) is 9.44. The quantitative estimate of drug-likeness (QED) is 0.601. The number of thiazole rings is 1. The number of nitrogens with zero attached hydrogens (tertiary/aromatic N) is 1. The van der Waals surface area contributed by atoms with E-state index in [0.717, 1.165) is 29.6 Å². The van der Waals surface area contributed by atoms with Gasteiger partial charge < -0.3 is 5.32 Å². The number of aromatic nitrogens is 1. The Morgan fingerprint density at radius 3 is 2.90 bits per heavy atom. The smallest absolute Gasteiger partial charge is 0.0947 e. The second-order valence-electron chi connectivity index (χ2n) is 4.76. The molecule has 1 heterocycles. The molecule has 2 rings (SSSR count). The molecular formula is C15H18BrIN2S. The highest BCUT2D eigenvalue weighted by atomic mass is 127. The first-order chi connectivity index (χ1) is 9.60. The zero-order valence-electron chi connectivity index (χ0n) is 11.6. The minimum atomic E-state index is 0.324. The highest BCUT2D eigenvalue weighted by Gasteiger charge is 2.16. The summed E-state index contributed by atoms with van der Waals surface area (Å²) in [4.78, 5) is 4.60. The van der Waals surface area contributed by atoms with Gasteiger partial charge in [0.2, 0.25) is 0 Å². The third-order valence-electron chi connectivity index (χ3n) is 3.02. The van der Waals surface area contributed by atoms with Crippen LogP contribution in [-0.2, 0) is 6.42 Å². The Balaban J connectivity index is 2.24. The van der Waals surface area contributed by atoms with E-state index in [-0.39, 0.29) is 0 Å². The van der Waals surface area contributed by atoms with Crippen LogP contribution < -0.4 is 5.32 Å². The van der Waals surface area contributed by atoms with E-state index >= 15 is 0 Å². The predicted molar refractivity (Wildman–Crippen MR) is 98.4 cm³/mol. The van der Waals surface area contributed by atoms with Crippen molar-refractivity contribution in [2.75, 3.05) is 6.54 Å². The van der Waals surface area contributed by atoms with E-state index in [1.807, 2.05) is 0 Å². The summed E-state index contributed by atoms with van der Waals surface area (Å²) in [5.74, 6) is 0. The van der Waals surface area contributed by atoms with Crippen molar-refractivity contribution in [3.63, 3.8) is 0 Å². The molecule has 1 aromatic heterocycles. The monoisotopic (exact) mass is 464 g/mol. The molecule has 5 heteroatoms. The van der Waals surface area contributed by atoms with E-state index in [4.69, 9.17) is 0 Å². The molecular weight excluding hydrogens is 447 g/mol. The maximum atomic E-state index is 4.60. The number of halogens is 2. The number of rotatable bonds is 6. The lowest BCUT2D eigenvalue weighted by Crippen LogP contribution is -2.25. The minimum absolute atomic E-state index is 0.324. The number of nitrogens with one attached hydrogen (secondary N) is 1. The fourth-order valence-electron chi connectivity index (χ4n) is 2.06. The SMILES string of the molecule is CCCNC(Cc1nc(C)cs1)c1cc(Br)ccc1I. The molecule has 20 heavy (non-hydrogen) atoms. The molecule has 108 valence electrons. The molecule has 0 aliphatic heterocycles. The maximum absolute atomic E-state index is 4.60. The van der Waals surface area contributed by atoms with Gasteiger partial charge in [0.15, 0.2) is 0 Å². The summed E-state index contributed by atoms with van der Waals surface area (Å²) in [6, 6.07) is 6.80. The van der Waals surface area contributed by atoms with Crippen molar-refractivity contribution < 1.29 is 0 Å². The van der Waals surface area contributed by atoms with Crippen molar-refractivity contribution in [1.82, 2.24) is 10.3 Å². The Labute approximate surface area is 146 Å². The summed E-state index contributed by atoms with van der Waals surface area (Å²) < 4.78 is 2.43. The van der Waals surface area contributed by atoms with Gasteiger partial charge in [0.1, 0.15) is 0 Å². The zero-order chi connectivity index (χ0) is 14.5. The van der Waals surface area contributed by atoms with Crippen LogP contribution in [-0.4, -0.2) is 11.5 Å². The maximum Gasteiger partial charge on any atom is 0.0947 e. The van der Waals surface area contributed by atoms with Gasteiger partial charge in [0.05, 0.1) is 5.01 Å². The van der Waals surface area contributed by atoms with Gasteiger partial charge in [-0.2, -0.15) is 0 Å². The third kappa shape index (κ3) is 4.51. The summed E-state index contributed by atoms with van der Waals surface area (Å²) in [6.07, 6.45) is 2.09. The summed E-state index contributed by atoms with van der Waals surface area (Å²) in [7, 11) is 0. The fraction of sp³-hybridized carbons (Fsp3) is 0.400. The summed E-state index contributed by atoms with van der Waals surface area (Å²) in [5, 5.41) is 6.98. The topological polar surface area (TPSA) is 24.9 Å². The summed E-state index contributed by atoms with van der Waals surface area (Å²) in [5.41, 5.74) is 2.46. The molecule has 0 saturated carbocycles. The van der Waals surface area contributed by atoms with Crippen LogP contribution in [0.15, 0.2) is 28.1 Å². The van der Waals surface area contributed by atoms with Crippen molar-refractivity contribution >= 4 is 49.9 Å². The Hall–Kier alpha value is 0.0200. The average Bonchev–Trinajstić information content (AvgIpc) is 2.83. The second kappa shape index (κ2) is 7.87. The predicted octanol–water partition coefficient (Wildman–Crippen LogP) is 5.10. The van der Waals surface area contributed by atoms with Crippen molar-refractivity contribution in [2.24, 2.45) is 0 Å². The van der Waals surface area contributed by atoms with Gasteiger partial charge in [0.25, 0.3) is 0 Å². The van der Waals surface area contributed by atoms with Crippen molar-refractivity contribution in [2.45, 2.75) is 32.7 Å². The molecule has 1 atom stereocenters. The van der Waals surface area contributed by atoms with E-state index in [2.05, 4.69) is 86.2 Å². The van der Waals surface area contributed by atoms with Crippen LogP contribution in [0, 0.1) is 10.5 Å². The molecule has 0 amide bonds. The lowest BCUT2D eigenvalue weighted by molar-refractivity contribution is 0.526. The van der Waals surface area contributed by atoms with Crippen LogP contribution >= 0.6 is 49.9 Å². The van der Waals surface area contributed by atoms with Crippen LogP contribution in [0.1, 0.15) is 35.7 Å². The molecule has 1 unspecified atom stereocenters. The van der Waals surface area contributed by atoms with E-state index in [1.165, 1.54) is 14.1 Å². The number of hydrogen-bond donors (Lipinski definition) is 1. The Bertz CT molecular complexity index is 571. The highest BCUT2D eigenvalue weighted by Crippen LogP contribution is 2.27. The Kier molecular flexibility index (Phi) is 6.45. The molecule has 0 aliphatic rings. The molecule has 0 fully saturated rings. The third-order valence-corrected chi connectivity index (χ3v) is 5.48. The highest BCUT2D eigenvalue weighted by molar-refractivity contribution is 14.1. The largest absolute Gasteiger partial charge is 0.310 e. The molecule has 2 aromatic rings. The van der Waals surface area contributed by atoms with Gasteiger partial charge in [-0.25, -0.2) is 4.98 Å². The van der Waals surface area contributed by atoms with Gasteiger partial charge in [-0.15, -0.1) is 11.3 Å². The number of aryl methyl sites for hydroxylation is 1. The van der Waals surface area contributed by atoms with Crippen LogP contribution in [0.4, 0.5) is 0 Å². The van der Waals surface area contributed by atoms with E-state index in [0.29, 0.717) is 6.04 Å². The first-order valence-electron chi connectivity index (χ1n) is 6.69. The molecule has 2 nitrogen and oxygen atoms in total. The zero-order valence-corrected chi connectivity index (χ0v) is 16.2. The standard InChI is InChI=1S/C15H18BrIN2S/c1-3-6-18-14(8-15-19-10(2)9-20-15)12-7-11(16)4-5-13(12)17/h4-5,7,9,14,18H,3,6,8H2,1-2H3. The van der Waals surface area contributed by atoms with Gasteiger partial charge in [-0.05, 0) is 66.2 Å². The Morgan fingerprint density at radius 1 is 1.45 bits per heavy atom. The molecule has 0 bridgehead atoms. The van der Waals surface area contributed by atoms with Crippen molar-refractivity contribution in [1.29, 1.82) is 0 Å². The summed E-state index contributed by atoms with van der Waals surface area (Å²) >= 11 is 7.74. The first kappa shape index (κ1) is 16.4. The van der Waals surface area contributed by atoms with Crippen LogP contribution in [0.2, 0.25) is 0 Å². The molecule has 0 saturated heterocycles. The minimum Gasteiger partial charge on any atom is -0.310 e.